The minimum atomic E-state index is -1.21. The van der Waals surface area contributed by atoms with Crippen LogP contribution < -0.4 is 0 Å². The van der Waals surface area contributed by atoms with E-state index in [4.69, 9.17) is 0 Å². The van der Waals surface area contributed by atoms with Crippen LogP contribution in [0.15, 0.2) is 23.3 Å². The number of carboxylic acids is 1. The Bertz CT molecular complexity index is 940. The highest BCUT2D eigenvalue weighted by atomic mass is 16.4. The first kappa shape index (κ1) is 22.4. The highest BCUT2D eigenvalue weighted by Gasteiger charge is 2.69. The summed E-state index contributed by atoms with van der Waals surface area (Å²) in [6, 6.07) is 0. The van der Waals surface area contributed by atoms with Crippen molar-refractivity contribution < 1.29 is 14.7 Å². The molecule has 32 heavy (non-hydrogen) atoms. The maximum Gasteiger partial charge on any atom is 0.317 e. The molecule has 5 aliphatic rings. The van der Waals surface area contributed by atoms with Gasteiger partial charge in [-0.3, -0.25) is 9.59 Å². The van der Waals surface area contributed by atoms with Crippen molar-refractivity contribution in [3.8, 4) is 0 Å². The molecule has 3 fully saturated rings. The Kier molecular flexibility index (Phi) is 4.62. The van der Waals surface area contributed by atoms with E-state index in [9.17, 15) is 14.7 Å². The first-order valence-corrected chi connectivity index (χ1v) is 13.0. The van der Waals surface area contributed by atoms with Gasteiger partial charge < -0.3 is 5.11 Å². The van der Waals surface area contributed by atoms with E-state index in [-0.39, 0.29) is 40.3 Å². The van der Waals surface area contributed by atoms with Crippen LogP contribution in [0, 0.1) is 44.8 Å². The molecule has 5 aliphatic carbocycles. The second-order valence-corrected chi connectivity index (χ2v) is 13.4. The quantitative estimate of drug-likeness (QED) is 0.355. The van der Waals surface area contributed by atoms with Crippen LogP contribution >= 0.6 is 0 Å². The summed E-state index contributed by atoms with van der Waals surface area (Å²) in [7, 11) is 0. The maximum absolute atomic E-state index is 13.1. The fourth-order valence-corrected chi connectivity index (χ4v) is 10.2. The number of carboxylic acid groups (broad SMARTS) is 1. The molecule has 0 heterocycles. The third-order valence-corrected chi connectivity index (χ3v) is 12.0. The highest BCUT2D eigenvalue weighted by molar-refractivity contribution is 6.05. The number of ketones is 1. The Labute approximate surface area is 194 Å². The number of allylic oxidation sites excluding steroid dienone is 4. The van der Waals surface area contributed by atoms with Gasteiger partial charge in [0.1, 0.15) is 5.41 Å². The van der Waals surface area contributed by atoms with Crippen molar-refractivity contribution in [1.82, 2.24) is 0 Å². The number of aliphatic carboxylic acids is 1. The first-order chi connectivity index (χ1) is 14.8. The molecule has 0 saturated heterocycles. The zero-order valence-electron chi connectivity index (χ0n) is 21.0. The summed E-state index contributed by atoms with van der Waals surface area (Å²) in [5.74, 6) is -0.164. The number of Topliss-reactive ketones (excluding diaryl/α,β-unsaturated/α-hetero) is 1. The Morgan fingerprint density at radius 3 is 2.41 bits per heavy atom. The average Bonchev–Trinajstić information content (AvgIpc) is 2.70. The van der Waals surface area contributed by atoms with Gasteiger partial charge in [0.25, 0.3) is 0 Å². The molecule has 1 N–H and O–H groups in total. The van der Waals surface area contributed by atoms with E-state index < -0.39 is 11.4 Å². The van der Waals surface area contributed by atoms with Crippen LogP contribution in [0.1, 0.15) is 99.3 Å². The maximum atomic E-state index is 13.1. The second-order valence-electron chi connectivity index (χ2n) is 13.4. The summed E-state index contributed by atoms with van der Waals surface area (Å²) in [5, 5.41) is 10.4. The molecule has 0 aromatic rings. The second kappa shape index (κ2) is 6.60. The van der Waals surface area contributed by atoms with Crippen molar-refractivity contribution in [2.75, 3.05) is 0 Å². The van der Waals surface area contributed by atoms with Crippen molar-refractivity contribution in [1.29, 1.82) is 0 Å². The van der Waals surface area contributed by atoms with Crippen LogP contribution in [0.2, 0.25) is 0 Å². The first-order valence-electron chi connectivity index (χ1n) is 13.0. The van der Waals surface area contributed by atoms with Crippen molar-refractivity contribution in [2.45, 2.75) is 99.3 Å². The third kappa shape index (κ3) is 2.44. The Morgan fingerprint density at radius 1 is 1.00 bits per heavy atom. The van der Waals surface area contributed by atoms with Crippen molar-refractivity contribution in [2.24, 2.45) is 44.8 Å². The van der Waals surface area contributed by atoms with Crippen LogP contribution in [0.25, 0.3) is 0 Å². The molecule has 0 bridgehead atoms. The SMILES string of the molecule is CC1=CCC(=O)[C@]2(C(=O)O)CC[C@]3(C)[C@H](CC=C4[C@@]5(C)CCCC(C)(C)[C@@H]5CC[C@]43C)[C@H]12. The van der Waals surface area contributed by atoms with Gasteiger partial charge in [-0.15, -0.1) is 0 Å². The lowest BCUT2D eigenvalue weighted by molar-refractivity contribution is -0.178. The van der Waals surface area contributed by atoms with Gasteiger partial charge in [-0.25, -0.2) is 0 Å². The molecule has 0 aromatic carbocycles. The van der Waals surface area contributed by atoms with Gasteiger partial charge in [0, 0.05) is 12.3 Å². The molecule has 0 aromatic heterocycles. The van der Waals surface area contributed by atoms with E-state index in [2.05, 4.69) is 47.6 Å². The molecule has 176 valence electrons. The fraction of sp³-hybridized carbons (Fsp3) is 0.793. The minimum Gasteiger partial charge on any atom is -0.480 e. The lowest BCUT2D eigenvalue weighted by Crippen LogP contribution is -2.64. The summed E-state index contributed by atoms with van der Waals surface area (Å²) in [5.41, 5.74) is 2.35. The summed E-state index contributed by atoms with van der Waals surface area (Å²) in [4.78, 5) is 25.8. The topological polar surface area (TPSA) is 54.4 Å². The van der Waals surface area contributed by atoms with E-state index in [1.807, 2.05) is 6.08 Å². The molecular weight excluding hydrogens is 396 g/mol. The zero-order valence-corrected chi connectivity index (χ0v) is 21.0. The minimum absolute atomic E-state index is 0.0307. The fourth-order valence-electron chi connectivity index (χ4n) is 10.2. The van der Waals surface area contributed by atoms with Crippen LogP contribution in [-0.4, -0.2) is 16.9 Å². The van der Waals surface area contributed by atoms with Gasteiger partial charge in [0.15, 0.2) is 5.78 Å². The van der Waals surface area contributed by atoms with Gasteiger partial charge in [-0.2, -0.15) is 0 Å². The molecule has 0 unspecified atom stereocenters. The normalized spacial score (nSPS) is 49.6. The van der Waals surface area contributed by atoms with Gasteiger partial charge in [-0.1, -0.05) is 64.3 Å². The number of carbonyl (C=O) groups excluding carboxylic acids is 1. The van der Waals surface area contributed by atoms with Crippen LogP contribution in [0.4, 0.5) is 0 Å². The Morgan fingerprint density at radius 2 is 1.72 bits per heavy atom. The standard InChI is InChI=1S/C29H42O3/c1-18-8-11-22(30)29(24(31)32)17-16-27(5)19(23(18)29)9-10-21-26(4)14-7-13-25(2,3)20(26)12-15-28(21,27)6/h8,10,19-20,23H,7,9,11-17H2,1-6H3,(H,31,32)/t19-,20+,23+,26+,27-,28-,29-/m1/s1. The van der Waals surface area contributed by atoms with E-state index >= 15 is 0 Å². The molecule has 5 rings (SSSR count). The van der Waals surface area contributed by atoms with Crippen molar-refractivity contribution in [3.05, 3.63) is 23.3 Å². The number of hydrogen-bond acceptors (Lipinski definition) is 2. The van der Waals surface area contributed by atoms with Crippen molar-refractivity contribution >= 4 is 11.8 Å². The number of hydrogen-bond donors (Lipinski definition) is 1. The zero-order chi connectivity index (χ0) is 23.3. The molecular formula is C29H42O3. The van der Waals surface area contributed by atoms with E-state index in [1.54, 1.807) is 5.57 Å². The summed E-state index contributed by atoms with van der Waals surface area (Å²) >= 11 is 0. The molecule has 0 aliphatic heterocycles. The summed E-state index contributed by atoms with van der Waals surface area (Å²) < 4.78 is 0. The van der Waals surface area contributed by atoms with Crippen LogP contribution in [-0.2, 0) is 9.59 Å². The van der Waals surface area contributed by atoms with E-state index in [0.717, 1.165) is 24.3 Å². The van der Waals surface area contributed by atoms with Gasteiger partial charge in [0.2, 0.25) is 0 Å². The molecule has 3 heteroatoms. The molecule has 0 spiro atoms. The average molecular weight is 439 g/mol. The van der Waals surface area contributed by atoms with Crippen LogP contribution in [0.5, 0.6) is 0 Å². The molecule has 7 atom stereocenters. The van der Waals surface area contributed by atoms with Crippen molar-refractivity contribution in [3.63, 3.8) is 0 Å². The molecule has 0 amide bonds. The Balaban J connectivity index is 1.65. The third-order valence-electron chi connectivity index (χ3n) is 12.0. The van der Waals surface area contributed by atoms with Gasteiger partial charge >= 0.3 is 5.97 Å². The predicted molar refractivity (Wildman–Crippen MR) is 127 cm³/mol. The predicted octanol–water partition coefficient (Wildman–Crippen LogP) is 6.97. The van der Waals surface area contributed by atoms with E-state index in [0.29, 0.717) is 11.8 Å². The Hall–Kier alpha value is -1.38. The monoisotopic (exact) mass is 438 g/mol. The summed E-state index contributed by atoms with van der Waals surface area (Å²) in [6.45, 7) is 14.6. The smallest absolute Gasteiger partial charge is 0.317 e. The highest BCUT2D eigenvalue weighted by Crippen LogP contribution is 2.74. The molecule has 0 radical (unpaired) electrons. The number of rotatable bonds is 1. The molecule has 3 saturated carbocycles. The van der Waals surface area contributed by atoms with Gasteiger partial charge in [0.05, 0.1) is 0 Å². The lowest BCUT2D eigenvalue weighted by atomic mass is 9.34. The lowest BCUT2D eigenvalue weighted by Gasteiger charge is -2.69. The van der Waals surface area contributed by atoms with Gasteiger partial charge in [-0.05, 0) is 85.4 Å². The summed E-state index contributed by atoms with van der Waals surface area (Å²) in [6.07, 6.45) is 13.5. The number of carbonyl (C=O) groups is 2. The van der Waals surface area contributed by atoms with E-state index in [1.165, 1.54) is 32.1 Å². The van der Waals surface area contributed by atoms with Crippen LogP contribution in [0.3, 0.4) is 0 Å². The largest absolute Gasteiger partial charge is 0.480 e. The number of fused-ring (bicyclic) bond motifs is 7. The molecule has 3 nitrogen and oxygen atoms in total.